The highest BCUT2D eigenvalue weighted by atomic mass is 19.1. The Kier molecular flexibility index (Phi) is 4.65. The number of halogens is 1. The summed E-state index contributed by atoms with van der Waals surface area (Å²) < 4.78 is 15.0. The normalized spacial score (nSPS) is 12.5. The summed E-state index contributed by atoms with van der Waals surface area (Å²) >= 11 is 0. The zero-order chi connectivity index (χ0) is 19.7. The van der Waals surface area contributed by atoms with E-state index >= 15 is 0 Å². The lowest BCUT2D eigenvalue weighted by Crippen LogP contribution is -2.15. The summed E-state index contributed by atoms with van der Waals surface area (Å²) in [6.07, 6.45) is 2.58. The fraction of sp³-hybridized carbons (Fsp3) is 0.190. The van der Waals surface area contributed by atoms with Crippen molar-refractivity contribution in [3.8, 4) is 5.69 Å². The molecule has 0 saturated heterocycles. The summed E-state index contributed by atoms with van der Waals surface area (Å²) in [7, 11) is 0. The Morgan fingerprint density at radius 1 is 0.964 bits per heavy atom. The van der Waals surface area contributed by atoms with Crippen LogP contribution in [0.5, 0.6) is 0 Å². The van der Waals surface area contributed by atoms with E-state index in [0.29, 0.717) is 17.1 Å². The summed E-state index contributed by atoms with van der Waals surface area (Å²) in [6.45, 7) is 1.44. The monoisotopic (exact) mass is 378 g/mol. The van der Waals surface area contributed by atoms with Crippen molar-refractivity contribution in [1.82, 2.24) is 9.78 Å². The Bertz CT molecular complexity index is 1040. The van der Waals surface area contributed by atoms with Gasteiger partial charge in [-0.1, -0.05) is 0 Å². The molecule has 2 aromatic carbocycles. The van der Waals surface area contributed by atoms with E-state index in [-0.39, 0.29) is 17.6 Å². The molecule has 1 aliphatic rings. The number of fused-ring (bicyclic) bond motifs is 1. The van der Waals surface area contributed by atoms with Crippen molar-refractivity contribution in [3.05, 3.63) is 71.3 Å². The van der Waals surface area contributed by atoms with Crippen LogP contribution in [0.1, 0.15) is 35.1 Å². The largest absolute Gasteiger partial charge is 0.326 e. The highest BCUT2D eigenvalue weighted by Crippen LogP contribution is 2.28. The Morgan fingerprint density at radius 2 is 1.61 bits per heavy atom. The number of nitrogens with zero attached hydrogens (tertiary/aromatic N) is 2. The molecular weight excluding hydrogens is 359 g/mol. The first-order chi connectivity index (χ1) is 13.5. The fourth-order valence-electron chi connectivity index (χ4n) is 3.45. The van der Waals surface area contributed by atoms with Crippen LogP contribution in [0.2, 0.25) is 0 Å². The maximum absolute atomic E-state index is 13.2. The molecule has 1 aliphatic carbocycles. The van der Waals surface area contributed by atoms with E-state index in [2.05, 4.69) is 15.7 Å². The molecular formula is C21H19FN4O2. The maximum Gasteiger partial charge on any atom is 0.276 e. The van der Waals surface area contributed by atoms with Crippen molar-refractivity contribution in [2.75, 3.05) is 10.6 Å². The van der Waals surface area contributed by atoms with Gasteiger partial charge in [0.1, 0.15) is 5.82 Å². The lowest BCUT2D eigenvalue weighted by molar-refractivity contribution is -0.114. The number of hydrogen-bond donors (Lipinski definition) is 2. The van der Waals surface area contributed by atoms with Crippen LogP contribution in [0, 0.1) is 5.82 Å². The third kappa shape index (κ3) is 3.51. The average molecular weight is 378 g/mol. The molecule has 1 heterocycles. The first kappa shape index (κ1) is 17.9. The lowest BCUT2D eigenvalue weighted by atomic mass is 10.2. The zero-order valence-corrected chi connectivity index (χ0v) is 15.3. The van der Waals surface area contributed by atoms with Gasteiger partial charge in [0.15, 0.2) is 5.69 Å². The van der Waals surface area contributed by atoms with E-state index in [9.17, 15) is 14.0 Å². The maximum atomic E-state index is 13.2. The van der Waals surface area contributed by atoms with Crippen molar-refractivity contribution in [2.45, 2.75) is 26.2 Å². The molecule has 2 amide bonds. The van der Waals surface area contributed by atoms with Crippen molar-refractivity contribution < 1.29 is 14.0 Å². The minimum atomic E-state index is -0.312. The molecule has 0 radical (unpaired) electrons. The molecule has 0 aliphatic heterocycles. The minimum absolute atomic E-state index is 0.154. The first-order valence-corrected chi connectivity index (χ1v) is 9.07. The Balaban J connectivity index is 1.59. The number of nitrogens with one attached hydrogen (secondary N) is 2. The summed E-state index contributed by atoms with van der Waals surface area (Å²) in [5.41, 5.74) is 4.34. The molecule has 2 N–H and O–H groups in total. The number of anilines is 2. The number of amides is 2. The van der Waals surface area contributed by atoms with Gasteiger partial charge < -0.3 is 10.6 Å². The number of carbonyl (C=O) groups is 2. The van der Waals surface area contributed by atoms with E-state index in [1.807, 2.05) is 0 Å². The quantitative estimate of drug-likeness (QED) is 0.727. The molecule has 0 unspecified atom stereocenters. The van der Waals surface area contributed by atoms with Crippen LogP contribution in [0.25, 0.3) is 5.69 Å². The molecule has 142 valence electrons. The second-order valence-corrected chi connectivity index (χ2v) is 6.73. The molecule has 1 aromatic heterocycles. The average Bonchev–Trinajstić information content (AvgIpc) is 3.26. The number of carbonyl (C=O) groups excluding carboxylic acids is 2. The van der Waals surface area contributed by atoms with Gasteiger partial charge in [0.05, 0.1) is 5.69 Å². The summed E-state index contributed by atoms with van der Waals surface area (Å²) in [4.78, 5) is 23.9. The van der Waals surface area contributed by atoms with E-state index in [1.54, 1.807) is 41.1 Å². The van der Waals surface area contributed by atoms with Crippen molar-refractivity contribution >= 4 is 23.2 Å². The van der Waals surface area contributed by atoms with E-state index in [1.165, 1.54) is 19.1 Å². The van der Waals surface area contributed by atoms with Gasteiger partial charge in [-0.3, -0.25) is 9.59 Å². The molecule has 6 nitrogen and oxygen atoms in total. The van der Waals surface area contributed by atoms with Crippen LogP contribution >= 0.6 is 0 Å². The van der Waals surface area contributed by atoms with Gasteiger partial charge in [-0.15, -0.1) is 0 Å². The highest BCUT2D eigenvalue weighted by molar-refractivity contribution is 6.04. The Morgan fingerprint density at radius 3 is 2.25 bits per heavy atom. The van der Waals surface area contributed by atoms with Crippen molar-refractivity contribution in [3.63, 3.8) is 0 Å². The first-order valence-electron chi connectivity index (χ1n) is 9.07. The molecule has 0 atom stereocenters. The molecule has 0 bridgehead atoms. The molecule has 28 heavy (non-hydrogen) atoms. The fourth-order valence-corrected chi connectivity index (χ4v) is 3.45. The highest BCUT2D eigenvalue weighted by Gasteiger charge is 2.27. The molecule has 3 aromatic rings. The second kappa shape index (κ2) is 7.26. The Labute approximate surface area is 161 Å². The van der Waals surface area contributed by atoms with Gasteiger partial charge in [0, 0.05) is 29.6 Å². The smallest absolute Gasteiger partial charge is 0.276 e. The third-order valence-electron chi connectivity index (χ3n) is 4.68. The third-order valence-corrected chi connectivity index (χ3v) is 4.68. The van der Waals surface area contributed by atoms with Crippen LogP contribution in [-0.2, 0) is 17.6 Å². The van der Waals surface area contributed by atoms with Crippen molar-refractivity contribution in [1.29, 1.82) is 0 Å². The van der Waals surface area contributed by atoms with E-state index in [0.717, 1.165) is 36.2 Å². The predicted molar refractivity (Wildman–Crippen MR) is 104 cm³/mol. The van der Waals surface area contributed by atoms with Gasteiger partial charge in [-0.2, -0.15) is 5.10 Å². The molecule has 0 spiro atoms. The predicted octanol–water partition coefficient (Wildman–Crippen LogP) is 3.71. The second-order valence-electron chi connectivity index (χ2n) is 6.73. The molecule has 4 rings (SSSR count). The van der Waals surface area contributed by atoms with Crippen molar-refractivity contribution in [2.24, 2.45) is 0 Å². The van der Waals surface area contributed by atoms with Gasteiger partial charge in [0.2, 0.25) is 5.91 Å². The van der Waals surface area contributed by atoms with Gasteiger partial charge >= 0.3 is 0 Å². The minimum Gasteiger partial charge on any atom is -0.326 e. The number of rotatable bonds is 4. The van der Waals surface area contributed by atoms with Gasteiger partial charge in [-0.25, -0.2) is 9.07 Å². The van der Waals surface area contributed by atoms with Gasteiger partial charge in [-0.05, 0) is 67.8 Å². The van der Waals surface area contributed by atoms with Gasteiger partial charge in [0.25, 0.3) is 5.91 Å². The summed E-state index contributed by atoms with van der Waals surface area (Å²) in [5.74, 6) is -0.752. The van der Waals surface area contributed by atoms with Crippen LogP contribution in [0.3, 0.4) is 0 Å². The van der Waals surface area contributed by atoms with Crippen LogP contribution in [0.15, 0.2) is 48.5 Å². The standard InChI is InChI=1S/C21H19FN4O2/c1-13(27)23-15-7-9-16(10-8-15)24-21(28)20-18-3-2-4-19(18)26(25-20)17-11-5-14(22)6-12-17/h5-12H,2-4H2,1H3,(H,23,27)(H,24,28). The topological polar surface area (TPSA) is 76.0 Å². The van der Waals surface area contributed by atoms with Crippen LogP contribution in [-0.4, -0.2) is 21.6 Å². The number of benzene rings is 2. The van der Waals surface area contributed by atoms with E-state index < -0.39 is 0 Å². The SMILES string of the molecule is CC(=O)Nc1ccc(NC(=O)c2nn(-c3ccc(F)cc3)c3c2CCC3)cc1. The summed E-state index contributed by atoms with van der Waals surface area (Å²) in [6, 6.07) is 13.0. The zero-order valence-electron chi connectivity index (χ0n) is 15.3. The summed E-state index contributed by atoms with van der Waals surface area (Å²) in [5, 5.41) is 10.0. The van der Waals surface area contributed by atoms with Crippen LogP contribution in [0.4, 0.5) is 15.8 Å². The number of hydrogen-bond acceptors (Lipinski definition) is 3. The molecule has 7 heteroatoms. The molecule has 0 fully saturated rings. The van der Waals surface area contributed by atoms with Crippen LogP contribution < -0.4 is 10.6 Å². The number of aromatic nitrogens is 2. The molecule has 0 saturated carbocycles. The lowest BCUT2D eigenvalue weighted by Gasteiger charge is -2.07. The Hall–Kier alpha value is -3.48. The van der Waals surface area contributed by atoms with E-state index in [4.69, 9.17) is 0 Å².